The standard InChI is InChI=1S/C12H16N4O3S.C4H10O/c1-6-9(17)8(12(18-2)19-6)16-5-15-7-10(16)13-4-14-11(7)20-3;1-2-3-4-5/h4-6,8-9,12,17H,1-3H3;5H,2-4H2,1H3. The van der Waals surface area contributed by atoms with Gasteiger partial charge in [-0.25, -0.2) is 15.0 Å². The molecule has 4 unspecified atom stereocenters. The summed E-state index contributed by atoms with van der Waals surface area (Å²) in [6.45, 7) is 4.21. The van der Waals surface area contributed by atoms with E-state index in [0.29, 0.717) is 12.3 Å². The molecule has 4 atom stereocenters. The predicted octanol–water partition coefficient (Wildman–Crippen LogP) is 1.62. The highest BCUT2D eigenvalue weighted by molar-refractivity contribution is 7.98. The number of aliphatic hydroxyl groups is 2. The minimum atomic E-state index is -0.676. The Balaban J connectivity index is 0.000000399. The van der Waals surface area contributed by atoms with Crippen LogP contribution < -0.4 is 0 Å². The highest BCUT2D eigenvalue weighted by Gasteiger charge is 2.43. The molecule has 0 bridgehead atoms. The van der Waals surface area contributed by atoms with Crippen LogP contribution in [0.15, 0.2) is 17.7 Å². The number of fused-ring (bicyclic) bond motifs is 1. The van der Waals surface area contributed by atoms with Gasteiger partial charge in [0, 0.05) is 13.7 Å². The highest BCUT2D eigenvalue weighted by atomic mass is 32.2. The Morgan fingerprint density at radius 1 is 1.36 bits per heavy atom. The molecule has 1 aliphatic heterocycles. The number of rotatable bonds is 5. The lowest BCUT2D eigenvalue weighted by Crippen LogP contribution is -2.30. The minimum Gasteiger partial charge on any atom is -0.396 e. The Labute approximate surface area is 151 Å². The van der Waals surface area contributed by atoms with Crippen molar-refractivity contribution in [3.8, 4) is 0 Å². The van der Waals surface area contributed by atoms with Gasteiger partial charge in [0.25, 0.3) is 0 Å². The summed E-state index contributed by atoms with van der Waals surface area (Å²) in [5.41, 5.74) is 1.40. The molecule has 2 aromatic heterocycles. The molecule has 140 valence electrons. The molecule has 3 heterocycles. The number of unbranched alkanes of at least 4 members (excludes halogenated alkanes) is 1. The lowest BCUT2D eigenvalue weighted by atomic mass is 10.1. The Kier molecular flexibility index (Phi) is 7.57. The van der Waals surface area contributed by atoms with E-state index in [0.717, 1.165) is 23.4 Å². The molecule has 2 aromatic rings. The molecule has 1 aliphatic rings. The lowest BCUT2D eigenvalue weighted by molar-refractivity contribution is -0.124. The van der Waals surface area contributed by atoms with E-state index in [1.54, 1.807) is 18.0 Å². The SMILES string of the molecule is CCCCO.COC1OC(C)C(O)C1n1cnc2c(SC)ncnc21. The molecule has 1 fully saturated rings. The first-order valence-electron chi connectivity index (χ1n) is 8.27. The van der Waals surface area contributed by atoms with Gasteiger partial charge in [-0.2, -0.15) is 0 Å². The van der Waals surface area contributed by atoms with Gasteiger partial charge in [0.2, 0.25) is 0 Å². The van der Waals surface area contributed by atoms with E-state index >= 15 is 0 Å². The molecule has 0 amide bonds. The topological polar surface area (TPSA) is 103 Å². The zero-order valence-corrected chi connectivity index (χ0v) is 15.8. The summed E-state index contributed by atoms with van der Waals surface area (Å²) < 4.78 is 12.7. The second-order valence-electron chi connectivity index (χ2n) is 5.71. The molecule has 0 spiro atoms. The minimum absolute atomic E-state index is 0.302. The fourth-order valence-corrected chi connectivity index (χ4v) is 3.15. The van der Waals surface area contributed by atoms with Crippen molar-refractivity contribution < 1.29 is 19.7 Å². The third-order valence-corrected chi connectivity index (χ3v) is 4.73. The molecule has 0 aromatic carbocycles. The van der Waals surface area contributed by atoms with Gasteiger partial charge in [-0.05, 0) is 19.6 Å². The van der Waals surface area contributed by atoms with Gasteiger partial charge in [-0.1, -0.05) is 13.3 Å². The molecule has 0 aliphatic carbocycles. The highest BCUT2D eigenvalue weighted by Crippen LogP contribution is 2.34. The van der Waals surface area contributed by atoms with Crippen molar-refractivity contribution in [2.75, 3.05) is 20.0 Å². The molecular weight excluding hydrogens is 344 g/mol. The van der Waals surface area contributed by atoms with E-state index in [1.165, 1.54) is 18.1 Å². The summed E-state index contributed by atoms with van der Waals surface area (Å²) in [6, 6.07) is -0.371. The Morgan fingerprint density at radius 2 is 2.12 bits per heavy atom. The van der Waals surface area contributed by atoms with E-state index in [4.69, 9.17) is 14.6 Å². The first-order valence-corrected chi connectivity index (χ1v) is 9.50. The Hall–Kier alpha value is -1.26. The van der Waals surface area contributed by atoms with Crippen molar-refractivity contribution in [2.24, 2.45) is 0 Å². The zero-order valence-electron chi connectivity index (χ0n) is 15.0. The van der Waals surface area contributed by atoms with Crippen LogP contribution in [0, 0.1) is 0 Å². The Bertz CT molecular complexity index is 667. The third kappa shape index (κ3) is 4.29. The summed E-state index contributed by atoms with van der Waals surface area (Å²) in [7, 11) is 1.56. The van der Waals surface area contributed by atoms with Crippen LogP contribution in [0.4, 0.5) is 0 Å². The maximum Gasteiger partial charge on any atom is 0.180 e. The van der Waals surface area contributed by atoms with Gasteiger partial charge in [0.05, 0.1) is 12.4 Å². The second-order valence-corrected chi connectivity index (χ2v) is 6.51. The second kappa shape index (κ2) is 9.44. The van der Waals surface area contributed by atoms with Crippen molar-refractivity contribution in [2.45, 2.75) is 56.3 Å². The number of nitrogens with zero attached hydrogens (tertiary/aromatic N) is 4. The molecule has 3 rings (SSSR count). The number of methoxy groups -OCH3 is 1. The maximum atomic E-state index is 10.3. The Morgan fingerprint density at radius 3 is 2.68 bits per heavy atom. The summed E-state index contributed by atoms with van der Waals surface area (Å²) in [5.74, 6) is 0. The fourth-order valence-electron chi connectivity index (χ4n) is 2.66. The molecule has 8 nitrogen and oxygen atoms in total. The van der Waals surface area contributed by atoms with Crippen LogP contribution in [0.2, 0.25) is 0 Å². The number of ether oxygens (including phenoxy) is 2. The van der Waals surface area contributed by atoms with E-state index in [-0.39, 0.29) is 12.1 Å². The van der Waals surface area contributed by atoms with Gasteiger partial charge in [-0.3, -0.25) is 0 Å². The van der Waals surface area contributed by atoms with E-state index < -0.39 is 12.4 Å². The lowest BCUT2D eigenvalue weighted by Gasteiger charge is -2.20. The van der Waals surface area contributed by atoms with Crippen LogP contribution in [0.5, 0.6) is 0 Å². The smallest absolute Gasteiger partial charge is 0.180 e. The normalized spacial score (nSPS) is 25.8. The fraction of sp³-hybridized carbons (Fsp3) is 0.688. The average Bonchev–Trinajstić information content (AvgIpc) is 3.17. The van der Waals surface area contributed by atoms with E-state index in [1.807, 2.05) is 13.2 Å². The summed E-state index contributed by atoms with van der Waals surface area (Å²) in [5, 5.41) is 19.2. The first kappa shape index (κ1) is 20.1. The van der Waals surface area contributed by atoms with Gasteiger partial charge in [0.15, 0.2) is 11.9 Å². The average molecular weight is 370 g/mol. The van der Waals surface area contributed by atoms with Crippen LogP contribution >= 0.6 is 11.8 Å². The summed E-state index contributed by atoms with van der Waals surface area (Å²) >= 11 is 1.51. The van der Waals surface area contributed by atoms with Crippen LogP contribution in [-0.4, -0.2) is 68.2 Å². The van der Waals surface area contributed by atoms with Crippen molar-refractivity contribution in [1.29, 1.82) is 0 Å². The number of aromatic nitrogens is 4. The van der Waals surface area contributed by atoms with Crippen LogP contribution in [0.3, 0.4) is 0 Å². The number of imidazole rings is 1. The molecule has 1 saturated heterocycles. The maximum absolute atomic E-state index is 10.3. The van der Waals surface area contributed by atoms with Crippen molar-refractivity contribution in [1.82, 2.24) is 19.5 Å². The van der Waals surface area contributed by atoms with Crippen LogP contribution in [0.1, 0.15) is 32.7 Å². The summed E-state index contributed by atoms with van der Waals surface area (Å²) in [6.07, 6.45) is 5.63. The molecule has 2 N–H and O–H groups in total. The first-order chi connectivity index (χ1) is 12.1. The van der Waals surface area contributed by atoms with Crippen molar-refractivity contribution in [3.05, 3.63) is 12.7 Å². The monoisotopic (exact) mass is 370 g/mol. The molecule has 25 heavy (non-hydrogen) atoms. The van der Waals surface area contributed by atoms with E-state index in [2.05, 4.69) is 21.9 Å². The van der Waals surface area contributed by atoms with Crippen molar-refractivity contribution in [3.63, 3.8) is 0 Å². The third-order valence-electron chi connectivity index (χ3n) is 4.04. The molecule has 9 heteroatoms. The van der Waals surface area contributed by atoms with Crippen LogP contribution in [-0.2, 0) is 9.47 Å². The van der Waals surface area contributed by atoms with Gasteiger partial charge >= 0.3 is 0 Å². The van der Waals surface area contributed by atoms with Crippen LogP contribution in [0.25, 0.3) is 11.2 Å². The molecule has 0 saturated carbocycles. The molecule has 0 radical (unpaired) electrons. The van der Waals surface area contributed by atoms with Gasteiger partial charge in [0.1, 0.15) is 29.0 Å². The number of aliphatic hydroxyl groups excluding tert-OH is 2. The van der Waals surface area contributed by atoms with Crippen molar-refractivity contribution >= 4 is 22.9 Å². The van der Waals surface area contributed by atoms with E-state index in [9.17, 15) is 5.11 Å². The molecular formula is C16H26N4O4S. The number of hydrogen-bond donors (Lipinski definition) is 2. The van der Waals surface area contributed by atoms with Gasteiger partial charge in [-0.15, -0.1) is 11.8 Å². The summed E-state index contributed by atoms with van der Waals surface area (Å²) in [4.78, 5) is 12.8. The number of hydrogen-bond acceptors (Lipinski definition) is 8. The largest absolute Gasteiger partial charge is 0.396 e. The predicted molar refractivity (Wildman–Crippen MR) is 95.5 cm³/mol. The number of thioether (sulfide) groups is 1. The zero-order chi connectivity index (χ0) is 18.4. The van der Waals surface area contributed by atoms with Gasteiger partial charge < -0.3 is 24.3 Å². The quantitative estimate of drug-likeness (QED) is 0.605.